The zero-order valence-electron chi connectivity index (χ0n) is 20.2. The molecule has 4 rings (SSSR count). The molecule has 36 heavy (non-hydrogen) atoms. The van der Waals surface area contributed by atoms with Gasteiger partial charge < -0.3 is 10.7 Å². The zero-order chi connectivity index (χ0) is 25.7. The lowest BCUT2D eigenvalue weighted by Crippen LogP contribution is -2.49. The van der Waals surface area contributed by atoms with Crippen LogP contribution in [0.5, 0.6) is 0 Å². The largest absolute Gasteiger partial charge is 0.390 e. The van der Waals surface area contributed by atoms with E-state index in [1.54, 1.807) is 12.1 Å². The molecule has 4 nitrogen and oxygen atoms in total. The minimum atomic E-state index is -4.22. The van der Waals surface area contributed by atoms with Crippen LogP contribution in [0.4, 0.5) is 28.9 Å². The van der Waals surface area contributed by atoms with E-state index in [4.69, 9.17) is 5.41 Å². The Hall–Kier alpha value is -3.23. The molecule has 1 saturated heterocycles. The molecule has 0 spiro atoms. The lowest BCUT2D eigenvalue weighted by atomic mass is 9.94. The number of hydrogen-bond acceptors (Lipinski definition) is 4. The Morgan fingerprint density at radius 3 is 2.42 bits per heavy atom. The molecule has 0 aromatic heterocycles. The molecule has 2 N–H and O–H groups in total. The summed E-state index contributed by atoms with van der Waals surface area (Å²) in [5.41, 5.74) is 5.00. The van der Waals surface area contributed by atoms with Crippen molar-refractivity contribution < 1.29 is 17.6 Å². The molecule has 3 aromatic carbocycles. The van der Waals surface area contributed by atoms with Gasteiger partial charge in [0.05, 0.1) is 6.42 Å². The Bertz CT molecular complexity index is 1160. The molecule has 1 atom stereocenters. The maximum absolute atomic E-state index is 13.3. The van der Waals surface area contributed by atoms with Crippen molar-refractivity contribution in [1.82, 2.24) is 9.80 Å². The van der Waals surface area contributed by atoms with E-state index in [1.165, 1.54) is 18.3 Å². The molecule has 8 heteroatoms. The van der Waals surface area contributed by atoms with E-state index in [1.807, 2.05) is 42.2 Å². The highest BCUT2D eigenvalue weighted by atomic mass is 19.4. The van der Waals surface area contributed by atoms with Crippen molar-refractivity contribution in [3.63, 3.8) is 0 Å². The van der Waals surface area contributed by atoms with Crippen molar-refractivity contribution in [2.24, 2.45) is 0 Å². The van der Waals surface area contributed by atoms with Gasteiger partial charge >= 0.3 is 6.18 Å². The van der Waals surface area contributed by atoms with Crippen molar-refractivity contribution in [2.75, 3.05) is 31.5 Å². The summed E-state index contributed by atoms with van der Waals surface area (Å²) in [7, 11) is 0. The number of halogens is 4. The quantitative estimate of drug-likeness (QED) is 0.269. The predicted octanol–water partition coefficient (Wildman–Crippen LogP) is 6.69. The summed E-state index contributed by atoms with van der Waals surface area (Å²) < 4.78 is 52.6. The number of nitrogens with one attached hydrogen (secondary N) is 2. The fourth-order valence-electron chi connectivity index (χ4n) is 4.71. The van der Waals surface area contributed by atoms with Crippen LogP contribution in [0.3, 0.4) is 0 Å². The van der Waals surface area contributed by atoms with Gasteiger partial charge in [-0.1, -0.05) is 30.3 Å². The summed E-state index contributed by atoms with van der Waals surface area (Å²) in [4.78, 5) is 4.19. The zero-order valence-corrected chi connectivity index (χ0v) is 20.2. The Labute approximate surface area is 209 Å². The summed E-state index contributed by atoms with van der Waals surface area (Å²) >= 11 is 0. The third-order valence-electron chi connectivity index (χ3n) is 6.58. The van der Waals surface area contributed by atoms with Crippen LogP contribution in [-0.4, -0.2) is 48.4 Å². The molecule has 1 fully saturated rings. The maximum Gasteiger partial charge on any atom is 0.390 e. The fraction of sp³-hybridized carbons (Fsp3) is 0.321. The van der Waals surface area contributed by atoms with Gasteiger partial charge in [-0.05, 0) is 60.0 Å². The predicted molar refractivity (Wildman–Crippen MR) is 135 cm³/mol. The van der Waals surface area contributed by atoms with Gasteiger partial charge in [0.1, 0.15) is 5.82 Å². The number of anilines is 2. The number of hydrogen-bond donors (Lipinski definition) is 2. The highest BCUT2D eigenvalue weighted by Gasteiger charge is 2.34. The summed E-state index contributed by atoms with van der Waals surface area (Å²) in [6.07, 6.45) is -3.84. The average Bonchev–Trinajstić information content (AvgIpc) is 2.85. The molecule has 1 unspecified atom stereocenters. The first-order valence-electron chi connectivity index (χ1n) is 12.0. The molecule has 0 aliphatic carbocycles. The summed E-state index contributed by atoms with van der Waals surface area (Å²) in [5, 5.41) is 11.2. The third-order valence-corrected chi connectivity index (χ3v) is 6.58. The van der Waals surface area contributed by atoms with Crippen LogP contribution in [0, 0.1) is 18.2 Å². The summed E-state index contributed by atoms with van der Waals surface area (Å²) in [5.74, 6) is -0.337. The van der Waals surface area contributed by atoms with Crippen molar-refractivity contribution in [3.8, 4) is 0 Å². The van der Waals surface area contributed by atoms with Gasteiger partial charge in [-0.25, -0.2) is 4.39 Å². The van der Waals surface area contributed by atoms with Crippen molar-refractivity contribution in [2.45, 2.75) is 32.1 Å². The second-order valence-corrected chi connectivity index (χ2v) is 9.21. The second kappa shape index (κ2) is 11.2. The van der Waals surface area contributed by atoms with Gasteiger partial charge in [0, 0.05) is 61.9 Å². The summed E-state index contributed by atoms with van der Waals surface area (Å²) in [6.45, 7) is 4.41. The minimum Gasteiger partial charge on any atom is -0.355 e. The highest BCUT2D eigenvalue weighted by molar-refractivity contribution is 5.88. The van der Waals surface area contributed by atoms with Gasteiger partial charge in [0.2, 0.25) is 0 Å². The smallest absolute Gasteiger partial charge is 0.355 e. The van der Waals surface area contributed by atoms with Crippen LogP contribution in [0.15, 0.2) is 66.7 Å². The van der Waals surface area contributed by atoms with Gasteiger partial charge in [-0.3, -0.25) is 9.80 Å². The van der Waals surface area contributed by atoms with E-state index in [2.05, 4.69) is 22.3 Å². The van der Waals surface area contributed by atoms with E-state index in [9.17, 15) is 17.6 Å². The lowest BCUT2D eigenvalue weighted by molar-refractivity contribution is -0.140. The number of nitrogens with zero attached hydrogens (tertiary/aromatic N) is 2. The van der Waals surface area contributed by atoms with Gasteiger partial charge in [0.25, 0.3) is 0 Å². The van der Waals surface area contributed by atoms with Crippen LogP contribution in [0.1, 0.15) is 34.7 Å². The molecule has 1 aliphatic rings. The second-order valence-electron chi connectivity index (χ2n) is 9.21. The van der Waals surface area contributed by atoms with Crippen LogP contribution >= 0.6 is 0 Å². The minimum absolute atomic E-state index is 0.0672. The number of benzene rings is 3. The molecule has 190 valence electrons. The highest BCUT2D eigenvalue weighted by Crippen LogP contribution is 2.34. The molecular formula is C28H30F4N4. The molecule has 0 saturated carbocycles. The molecule has 0 radical (unpaired) electrons. The van der Waals surface area contributed by atoms with Crippen molar-refractivity contribution in [1.29, 1.82) is 5.41 Å². The van der Waals surface area contributed by atoms with E-state index in [0.717, 1.165) is 23.2 Å². The molecule has 0 bridgehead atoms. The number of piperazine rings is 1. The lowest BCUT2D eigenvalue weighted by Gasteiger charge is -2.42. The van der Waals surface area contributed by atoms with Crippen LogP contribution in [0.25, 0.3) is 0 Å². The normalized spacial score (nSPS) is 17.2. The van der Waals surface area contributed by atoms with Gasteiger partial charge in [-0.2, -0.15) is 13.2 Å². The van der Waals surface area contributed by atoms with Crippen LogP contribution in [-0.2, 0) is 6.54 Å². The number of aryl methyl sites for hydroxylation is 1. The monoisotopic (exact) mass is 498 g/mol. The van der Waals surface area contributed by atoms with Gasteiger partial charge in [0.15, 0.2) is 0 Å². The topological polar surface area (TPSA) is 42.4 Å². The van der Waals surface area contributed by atoms with E-state index >= 15 is 0 Å². The molecule has 3 aromatic rings. The first-order valence-corrected chi connectivity index (χ1v) is 12.0. The number of alkyl halides is 3. The van der Waals surface area contributed by atoms with Crippen LogP contribution in [0.2, 0.25) is 0 Å². The molecule has 0 amide bonds. The Morgan fingerprint density at radius 1 is 1.03 bits per heavy atom. The van der Waals surface area contributed by atoms with Crippen molar-refractivity contribution >= 4 is 17.6 Å². The maximum atomic E-state index is 13.3. The van der Waals surface area contributed by atoms with E-state index in [-0.39, 0.29) is 18.4 Å². The van der Waals surface area contributed by atoms with E-state index in [0.29, 0.717) is 36.6 Å². The standard InChI is InChI=1S/C28H30F4N4/c1-20-15-26(34-24-9-7-23(29)8-10-24)22(17-33)16-25(20)27-19-35(18-21-5-3-2-4-6-21)13-14-36(27)12-11-28(30,31)32/h2-10,15-17,27,33-34H,11-14,18-19H2,1H3. The fourth-order valence-corrected chi connectivity index (χ4v) is 4.71. The molecule has 1 heterocycles. The van der Waals surface area contributed by atoms with Gasteiger partial charge in [-0.15, -0.1) is 0 Å². The molecular weight excluding hydrogens is 468 g/mol. The SMILES string of the molecule is Cc1cc(Nc2ccc(F)cc2)c(C=N)cc1C1CN(Cc2ccccc2)CCN1CCC(F)(F)F. The van der Waals surface area contributed by atoms with Crippen LogP contribution < -0.4 is 5.32 Å². The Balaban J connectivity index is 1.62. The Kier molecular flexibility index (Phi) is 8.06. The molecule has 1 aliphatic heterocycles. The van der Waals surface area contributed by atoms with E-state index < -0.39 is 12.6 Å². The first-order chi connectivity index (χ1) is 17.2. The Morgan fingerprint density at radius 2 is 1.75 bits per heavy atom. The average molecular weight is 499 g/mol. The van der Waals surface area contributed by atoms with Crippen molar-refractivity contribution in [3.05, 3.63) is 94.8 Å². The summed E-state index contributed by atoms with van der Waals surface area (Å²) in [6, 6.07) is 19.6. The number of rotatable bonds is 8. The first kappa shape index (κ1) is 25.9. The third kappa shape index (κ3) is 6.71.